The van der Waals surface area contributed by atoms with Crippen LogP contribution in [0.4, 0.5) is 24.5 Å². The predicted molar refractivity (Wildman–Crippen MR) is 117 cm³/mol. The summed E-state index contributed by atoms with van der Waals surface area (Å²) in [5, 5.41) is 22.3. The molecule has 1 saturated heterocycles. The molecule has 0 saturated carbocycles. The average molecular weight is 479 g/mol. The highest BCUT2D eigenvalue weighted by molar-refractivity contribution is 7.13. The topological polar surface area (TPSA) is 94.9 Å². The summed E-state index contributed by atoms with van der Waals surface area (Å²) in [5.41, 5.74) is 3.89. The largest absolute Gasteiger partial charge is 0.573 e. The minimum Gasteiger partial charge on any atom is -0.406 e. The van der Waals surface area contributed by atoms with Gasteiger partial charge >= 0.3 is 6.36 Å². The summed E-state index contributed by atoms with van der Waals surface area (Å²) >= 11 is 1.40. The fraction of sp³-hybridized carbons (Fsp3) is 0.273. The van der Waals surface area contributed by atoms with Crippen LogP contribution in [0.1, 0.15) is 10.4 Å². The van der Waals surface area contributed by atoms with Crippen molar-refractivity contribution in [2.45, 2.75) is 12.5 Å². The number of alkyl halides is 3. The van der Waals surface area contributed by atoms with E-state index in [1.807, 2.05) is 4.90 Å². The van der Waals surface area contributed by atoms with Crippen molar-refractivity contribution >= 4 is 28.6 Å². The Labute approximate surface area is 191 Å². The third-order valence-corrected chi connectivity index (χ3v) is 6.09. The maximum Gasteiger partial charge on any atom is 0.573 e. The van der Waals surface area contributed by atoms with Gasteiger partial charge in [-0.1, -0.05) is 0 Å². The molecule has 1 amide bonds. The van der Waals surface area contributed by atoms with E-state index < -0.39 is 18.4 Å². The van der Waals surface area contributed by atoms with E-state index in [1.54, 1.807) is 29.9 Å². The molecule has 0 bridgehead atoms. The van der Waals surface area contributed by atoms with E-state index in [1.165, 1.54) is 23.5 Å². The van der Waals surface area contributed by atoms with Crippen molar-refractivity contribution in [2.24, 2.45) is 5.92 Å². The third-order valence-electron chi connectivity index (χ3n) is 5.28. The van der Waals surface area contributed by atoms with Gasteiger partial charge in [-0.05, 0) is 42.5 Å². The molecule has 1 aliphatic heterocycles. The highest BCUT2D eigenvalue weighted by atomic mass is 32.1. The van der Waals surface area contributed by atoms with Crippen LogP contribution in [-0.4, -0.2) is 53.3 Å². The van der Waals surface area contributed by atoms with Gasteiger partial charge in [-0.25, -0.2) is 0 Å². The average Bonchev–Trinajstić information content (AvgIpc) is 3.43. The summed E-state index contributed by atoms with van der Waals surface area (Å²) in [6.07, 6.45) is -3.76. The smallest absolute Gasteiger partial charge is 0.406 e. The Morgan fingerprint density at radius 2 is 1.97 bits per heavy atom. The van der Waals surface area contributed by atoms with Crippen LogP contribution in [0, 0.1) is 5.92 Å². The number of carbonyl (C=O) groups excluding carboxylic acids is 1. The van der Waals surface area contributed by atoms with Gasteiger partial charge in [0.25, 0.3) is 5.91 Å². The molecule has 33 heavy (non-hydrogen) atoms. The Hall–Kier alpha value is -3.15. The van der Waals surface area contributed by atoms with E-state index in [2.05, 4.69) is 15.0 Å². The molecule has 2 heterocycles. The van der Waals surface area contributed by atoms with E-state index >= 15 is 0 Å². The Kier molecular flexibility index (Phi) is 6.54. The van der Waals surface area contributed by atoms with Crippen molar-refractivity contribution in [3.05, 3.63) is 59.7 Å². The molecule has 0 radical (unpaired) electrons. The van der Waals surface area contributed by atoms with E-state index in [9.17, 15) is 28.2 Å². The first kappa shape index (κ1) is 23.0. The van der Waals surface area contributed by atoms with Gasteiger partial charge in [0, 0.05) is 47.7 Å². The van der Waals surface area contributed by atoms with E-state index in [-0.39, 0.29) is 18.3 Å². The van der Waals surface area contributed by atoms with Gasteiger partial charge in [0.2, 0.25) is 0 Å². The van der Waals surface area contributed by atoms with Gasteiger partial charge in [0.15, 0.2) is 0 Å². The molecular formula is C22H20F3N3O4S. The number of halogens is 3. The molecule has 7 nitrogen and oxygen atoms in total. The second kappa shape index (κ2) is 9.38. The Morgan fingerprint density at radius 1 is 1.21 bits per heavy atom. The van der Waals surface area contributed by atoms with Crippen molar-refractivity contribution in [3.63, 3.8) is 0 Å². The molecule has 11 heteroatoms. The van der Waals surface area contributed by atoms with Crippen LogP contribution in [0.5, 0.6) is 5.75 Å². The summed E-state index contributed by atoms with van der Waals surface area (Å²) in [7, 11) is 0. The normalized spacial score (nSPS) is 18.4. The fourth-order valence-electron chi connectivity index (χ4n) is 3.67. The standard InChI is InChI=1S/C22H20F3N3O4S/c23-22(24,25)32-16-4-2-15(3-5-16)27-21(31)13-1-6-18(17(7-13)20-8-26-12-33-20)28-9-14(11-29)19(30)10-28/h1-8,12,14,19,29-30H,9-11H2,(H,27,31). The number of hydrogen-bond donors (Lipinski definition) is 3. The van der Waals surface area contributed by atoms with Crippen molar-refractivity contribution in [1.82, 2.24) is 4.98 Å². The number of anilines is 2. The summed E-state index contributed by atoms with van der Waals surface area (Å²) in [5.74, 6) is -1.08. The molecule has 2 unspecified atom stereocenters. The molecule has 1 fully saturated rings. The van der Waals surface area contributed by atoms with Crippen LogP contribution in [0.2, 0.25) is 0 Å². The number of nitrogens with zero attached hydrogens (tertiary/aromatic N) is 2. The molecular weight excluding hydrogens is 459 g/mol. The lowest BCUT2D eigenvalue weighted by Gasteiger charge is -2.22. The quantitative estimate of drug-likeness (QED) is 0.499. The number of thiazole rings is 1. The van der Waals surface area contributed by atoms with Crippen molar-refractivity contribution in [3.8, 4) is 16.2 Å². The van der Waals surface area contributed by atoms with E-state index in [0.29, 0.717) is 24.3 Å². The summed E-state index contributed by atoms with van der Waals surface area (Å²) in [6, 6.07) is 9.98. The van der Waals surface area contributed by atoms with Crippen LogP contribution < -0.4 is 15.0 Å². The van der Waals surface area contributed by atoms with Gasteiger partial charge < -0.3 is 25.2 Å². The summed E-state index contributed by atoms with van der Waals surface area (Å²) in [4.78, 5) is 19.7. The summed E-state index contributed by atoms with van der Waals surface area (Å²) in [6.45, 7) is 0.705. The summed E-state index contributed by atoms with van der Waals surface area (Å²) < 4.78 is 40.8. The number of rotatable bonds is 6. The first-order chi connectivity index (χ1) is 15.7. The number of hydrogen-bond acceptors (Lipinski definition) is 7. The van der Waals surface area contributed by atoms with Crippen LogP contribution in [-0.2, 0) is 0 Å². The second-order valence-electron chi connectivity index (χ2n) is 7.54. The maximum atomic E-state index is 12.8. The van der Waals surface area contributed by atoms with Gasteiger partial charge in [-0.3, -0.25) is 9.78 Å². The zero-order valence-electron chi connectivity index (χ0n) is 17.1. The highest BCUT2D eigenvalue weighted by Crippen LogP contribution is 2.37. The van der Waals surface area contributed by atoms with Gasteiger partial charge in [-0.15, -0.1) is 24.5 Å². The number of nitrogens with one attached hydrogen (secondary N) is 1. The van der Waals surface area contributed by atoms with E-state index in [0.717, 1.165) is 28.3 Å². The Bertz CT molecular complexity index is 1110. The fourth-order valence-corrected chi connectivity index (χ4v) is 4.32. The second-order valence-corrected chi connectivity index (χ2v) is 8.43. The number of benzene rings is 2. The number of carbonyl (C=O) groups is 1. The molecule has 2 aromatic carbocycles. The van der Waals surface area contributed by atoms with Crippen LogP contribution in [0.15, 0.2) is 54.2 Å². The number of ether oxygens (including phenoxy) is 1. The first-order valence-electron chi connectivity index (χ1n) is 9.97. The molecule has 1 aliphatic rings. The Balaban J connectivity index is 1.56. The zero-order chi connectivity index (χ0) is 23.6. The van der Waals surface area contributed by atoms with Crippen LogP contribution in [0.3, 0.4) is 0 Å². The number of aliphatic hydroxyl groups is 2. The Morgan fingerprint density at radius 3 is 2.58 bits per heavy atom. The number of amides is 1. The highest BCUT2D eigenvalue weighted by Gasteiger charge is 2.32. The molecule has 0 spiro atoms. The lowest BCUT2D eigenvalue weighted by Crippen LogP contribution is -2.22. The molecule has 3 aromatic rings. The van der Waals surface area contributed by atoms with Crippen LogP contribution >= 0.6 is 11.3 Å². The van der Waals surface area contributed by atoms with E-state index in [4.69, 9.17) is 0 Å². The molecule has 4 rings (SSSR count). The monoisotopic (exact) mass is 479 g/mol. The minimum absolute atomic E-state index is 0.124. The van der Waals surface area contributed by atoms with Gasteiger partial charge in [0.05, 0.1) is 23.1 Å². The van der Waals surface area contributed by atoms with Crippen molar-refractivity contribution in [1.29, 1.82) is 0 Å². The number of aromatic nitrogens is 1. The van der Waals surface area contributed by atoms with Crippen LogP contribution in [0.25, 0.3) is 10.4 Å². The first-order valence-corrected chi connectivity index (χ1v) is 10.9. The minimum atomic E-state index is -4.79. The lowest BCUT2D eigenvalue weighted by atomic mass is 10.1. The molecule has 174 valence electrons. The molecule has 0 aliphatic carbocycles. The third kappa shape index (κ3) is 5.44. The van der Waals surface area contributed by atoms with Gasteiger partial charge in [-0.2, -0.15) is 0 Å². The maximum absolute atomic E-state index is 12.8. The molecule has 3 N–H and O–H groups in total. The van der Waals surface area contributed by atoms with Gasteiger partial charge in [0.1, 0.15) is 5.75 Å². The molecule has 2 atom stereocenters. The van der Waals surface area contributed by atoms with Crippen molar-refractivity contribution < 1.29 is 32.9 Å². The number of β-amino-alcohol motifs (C(OH)–C–C–N with tert-alkyl or cyclic N) is 1. The zero-order valence-corrected chi connectivity index (χ0v) is 17.9. The SMILES string of the molecule is O=C(Nc1ccc(OC(F)(F)F)cc1)c1ccc(N2CC(O)C(CO)C2)c(-c2cncs2)c1. The van der Waals surface area contributed by atoms with Crippen molar-refractivity contribution in [2.75, 3.05) is 29.9 Å². The number of aliphatic hydroxyl groups excluding tert-OH is 2. The predicted octanol–water partition coefficient (Wildman–Crippen LogP) is 3.75. The lowest BCUT2D eigenvalue weighted by molar-refractivity contribution is -0.274. The molecule has 1 aromatic heterocycles.